The van der Waals surface area contributed by atoms with Gasteiger partial charge in [-0.05, 0) is 24.3 Å². The number of nitrogens with one attached hydrogen (secondary N) is 1. The molecule has 1 N–H and O–H groups in total. The lowest BCUT2D eigenvalue weighted by Crippen LogP contribution is -2.47. The largest absolute Gasteiger partial charge is 0.497 e. The molecule has 0 spiro atoms. The lowest BCUT2D eigenvalue weighted by molar-refractivity contribution is 0.392. The van der Waals surface area contributed by atoms with Crippen molar-refractivity contribution in [2.75, 3.05) is 54.9 Å². The maximum absolute atomic E-state index is 12.9. The molecular weight excluding hydrogens is 430 g/mol. The van der Waals surface area contributed by atoms with Gasteiger partial charge in [0.05, 0.1) is 32.3 Å². The van der Waals surface area contributed by atoms with E-state index >= 15 is 0 Å². The van der Waals surface area contributed by atoms with Crippen molar-refractivity contribution in [2.24, 2.45) is 0 Å². The summed E-state index contributed by atoms with van der Waals surface area (Å²) in [6, 6.07) is 14.9. The predicted molar refractivity (Wildman–Crippen MR) is 123 cm³/mol. The Hall–Kier alpha value is -3.53. The number of anilines is 3. The Morgan fingerprint density at radius 2 is 1.53 bits per heavy atom. The summed E-state index contributed by atoms with van der Waals surface area (Å²) in [4.78, 5) is 13.1. The van der Waals surface area contributed by atoms with Gasteiger partial charge in [0.2, 0.25) is 5.95 Å². The zero-order chi connectivity index (χ0) is 22.6. The van der Waals surface area contributed by atoms with Gasteiger partial charge in [0, 0.05) is 37.9 Å². The van der Waals surface area contributed by atoms with Crippen LogP contribution in [0.15, 0.2) is 65.8 Å². The topological polar surface area (TPSA) is 96.9 Å². The van der Waals surface area contributed by atoms with Crippen molar-refractivity contribution in [3.05, 3.63) is 60.9 Å². The first kappa shape index (κ1) is 21.7. The molecule has 0 unspecified atom stereocenters. The van der Waals surface area contributed by atoms with Crippen LogP contribution in [-0.2, 0) is 10.0 Å². The van der Waals surface area contributed by atoms with Crippen LogP contribution in [0.3, 0.4) is 0 Å². The number of rotatable bonds is 7. The Kier molecular flexibility index (Phi) is 6.31. The van der Waals surface area contributed by atoms with E-state index in [1.165, 1.54) is 38.4 Å². The van der Waals surface area contributed by atoms with Gasteiger partial charge in [0.25, 0.3) is 10.0 Å². The molecular formula is C22H25N5O4S. The third-order valence-corrected chi connectivity index (χ3v) is 6.64. The molecule has 2 heterocycles. The molecule has 1 aliphatic rings. The van der Waals surface area contributed by atoms with Gasteiger partial charge in [0.1, 0.15) is 16.4 Å². The molecule has 10 heteroatoms. The summed E-state index contributed by atoms with van der Waals surface area (Å²) in [6.07, 6.45) is 2.94. The summed E-state index contributed by atoms with van der Waals surface area (Å²) >= 11 is 0. The number of piperazine rings is 1. The molecule has 4 rings (SSSR count). The van der Waals surface area contributed by atoms with Crippen LogP contribution < -0.4 is 24.0 Å². The Labute approximate surface area is 187 Å². The Balaban J connectivity index is 1.43. The molecule has 1 fully saturated rings. The minimum absolute atomic E-state index is 0.0274. The van der Waals surface area contributed by atoms with Gasteiger partial charge >= 0.3 is 0 Å². The fraction of sp³-hybridized carbons (Fsp3) is 0.273. The average Bonchev–Trinajstić information content (AvgIpc) is 2.84. The molecule has 0 saturated carbocycles. The van der Waals surface area contributed by atoms with Crippen LogP contribution in [0.5, 0.6) is 11.5 Å². The Morgan fingerprint density at radius 1 is 0.875 bits per heavy atom. The van der Waals surface area contributed by atoms with Gasteiger partial charge in [-0.15, -0.1) is 0 Å². The smallest absolute Gasteiger partial charge is 0.265 e. The van der Waals surface area contributed by atoms with Crippen molar-refractivity contribution in [3.8, 4) is 11.5 Å². The van der Waals surface area contributed by atoms with Gasteiger partial charge in [0.15, 0.2) is 0 Å². The van der Waals surface area contributed by atoms with Crippen LogP contribution in [0.4, 0.5) is 17.3 Å². The van der Waals surface area contributed by atoms with Crippen molar-refractivity contribution in [2.45, 2.75) is 4.90 Å². The van der Waals surface area contributed by atoms with Crippen LogP contribution in [0.2, 0.25) is 0 Å². The maximum atomic E-state index is 12.9. The maximum Gasteiger partial charge on any atom is 0.265 e. The van der Waals surface area contributed by atoms with Crippen LogP contribution in [-0.4, -0.2) is 58.8 Å². The monoisotopic (exact) mass is 455 g/mol. The quantitative estimate of drug-likeness (QED) is 0.581. The third kappa shape index (κ3) is 4.70. The van der Waals surface area contributed by atoms with Crippen LogP contribution in [0, 0.1) is 0 Å². The summed E-state index contributed by atoms with van der Waals surface area (Å²) in [5, 5.41) is 0. The number of methoxy groups -OCH3 is 2. The first-order chi connectivity index (χ1) is 15.5. The first-order valence-corrected chi connectivity index (χ1v) is 11.6. The van der Waals surface area contributed by atoms with Crippen LogP contribution in [0.1, 0.15) is 0 Å². The SMILES string of the molecule is COc1ccc(OC)c(S(=O)(=O)Nc2cnc(N3CCN(c4ccccc4)CC3)nc2)c1. The fourth-order valence-corrected chi connectivity index (χ4v) is 4.76. The summed E-state index contributed by atoms with van der Waals surface area (Å²) in [5.41, 5.74) is 1.47. The number of para-hydroxylation sites is 1. The molecule has 9 nitrogen and oxygen atoms in total. The van der Waals surface area contributed by atoms with Crippen molar-refractivity contribution in [1.29, 1.82) is 0 Å². The molecule has 1 aliphatic heterocycles. The number of hydrogen-bond donors (Lipinski definition) is 1. The van der Waals surface area contributed by atoms with Gasteiger partial charge in [-0.3, -0.25) is 4.72 Å². The number of sulfonamides is 1. The second kappa shape index (κ2) is 9.31. The molecule has 2 aromatic carbocycles. The van der Waals surface area contributed by atoms with Gasteiger partial charge in [-0.1, -0.05) is 18.2 Å². The van der Waals surface area contributed by atoms with Gasteiger partial charge < -0.3 is 19.3 Å². The summed E-state index contributed by atoms with van der Waals surface area (Å²) in [6.45, 7) is 3.27. The zero-order valence-corrected chi connectivity index (χ0v) is 18.7. The number of aromatic nitrogens is 2. The van der Waals surface area contributed by atoms with Crippen molar-refractivity contribution in [3.63, 3.8) is 0 Å². The Morgan fingerprint density at radius 3 is 2.16 bits per heavy atom. The number of benzene rings is 2. The van der Waals surface area contributed by atoms with E-state index in [9.17, 15) is 8.42 Å². The highest BCUT2D eigenvalue weighted by molar-refractivity contribution is 7.92. The average molecular weight is 456 g/mol. The molecule has 0 atom stereocenters. The molecule has 1 aromatic heterocycles. The minimum atomic E-state index is -3.92. The second-order valence-electron chi connectivity index (χ2n) is 7.20. The lowest BCUT2D eigenvalue weighted by atomic mass is 10.2. The standard InChI is InChI=1S/C22H25N5O4S/c1-30-19-8-9-20(31-2)21(14-19)32(28,29)25-17-15-23-22(24-16-17)27-12-10-26(11-13-27)18-6-4-3-5-7-18/h3-9,14-16,25H,10-13H2,1-2H3. The van der Waals surface area contributed by atoms with Gasteiger partial charge in [-0.2, -0.15) is 0 Å². The lowest BCUT2D eigenvalue weighted by Gasteiger charge is -2.36. The molecule has 0 aliphatic carbocycles. The van der Waals surface area contributed by atoms with E-state index in [0.29, 0.717) is 11.7 Å². The van der Waals surface area contributed by atoms with Gasteiger partial charge in [-0.25, -0.2) is 18.4 Å². The minimum Gasteiger partial charge on any atom is -0.497 e. The van der Waals surface area contributed by atoms with E-state index in [1.54, 1.807) is 12.1 Å². The van der Waals surface area contributed by atoms with Crippen LogP contribution >= 0.6 is 0 Å². The summed E-state index contributed by atoms with van der Waals surface area (Å²) in [7, 11) is -1.04. The molecule has 3 aromatic rings. The summed E-state index contributed by atoms with van der Waals surface area (Å²) < 4.78 is 38.6. The fourth-order valence-electron chi connectivity index (χ4n) is 3.54. The third-order valence-electron chi connectivity index (χ3n) is 5.23. The molecule has 0 amide bonds. The van der Waals surface area contributed by atoms with E-state index in [1.807, 2.05) is 18.2 Å². The number of nitrogens with zero attached hydrogens (tertiary/aromatic N) is 4. The summed E-state index contributed by atoms with van der Waals surface area (Å²) in [5.74, 6) is 1.19. The van der Waals surface area contributed by atoms with E-state index in [4.69, 9.17) is 9.47 Å². The van der Waals surface area contributed by atoms with E-state index in [-0.39, 0.29) is 16.3 Å². The zero-order valence-electron chi connectivity index (χ0n) is 17.9. The normalized spacial score (nSPS) is 14.2. The number of ether oxygens (including phenoxy) is 2. The molecule has 32 heavy (non-hydrogen) atoms. The van der Waals surface area contributed by atoms with Crippen LogP contribution in [0.25, 0.3) is 0 Å². The highest BCUT2D eigenvalue weighted by Gasteiger charge is 2.22. The molecule has 0 bridgehead atoms. The highest BCUT2D eigenvalue weighted by atomic mass is 32.2. The molecule has 168 valence electrons. The predicted octanol–water partition coefficient (Wildman–Crippen LogP) is 2.62. The van der Waals surface area contributed by atoms with Crippen molar-refractivity contribution >= 4 is 27.3 Å². The van der Waals surface area contributed by atoms with Crippen molar-refractivity contribution in [1.82, 2.24) is 9.97 Å². The van der Waals surface area contributed by atoms with E-state index in [2.05, 4.69) is 36.6 Å². The highest BCUT2D eigenvalue weighted by Crippen LogP contribution is 2.29. The first-order valence-electron chi connectivity index (χ1n) is 10.1. The van der Waals surface area contributed by atoms with Crippen molar-refractivity contribution < 1.29 is 17.9 Å². The van der Waals surface area contributed by atoms with E-state index < -0.39 is 10.0 Å². The molecule has 0 radical (unpaired) electrons. The second-order valence-corrected chi connectivity index (χ2v) is 8.85. The molecule has 1 saturated heterocycles. The number of hydrogen-bond acceptors (Lipinski definition) is 8. The Bertz CT molecular complexity index is 1150. The van der Waals surface area contributed by atoms with E-state index in [0.717, 1.165) is 26.2 Å².